The van der Waals surface area contributed by atoms with E-state index in [2.05, 4.69) is 10.3 Å². The molecule has 0 bridgehead atoms. The lowest BCUT2D eigenvalue weighted by Gasteiger charge is -2.11. The second kappa shape index (κ2) is 5.86. The summed E-state index contributed by atoms with van der Waals surface area (Å²) in [5.41, 5.74) is 2.08. The number of amides is 2. The van der Waals surface area contributed by atoms with E-state index in [0.29, 0.717) is 22.6 Å². The van der Waals surface area contributed by atoms with Gasteiger partial charge in [0, 0.05) is 0 Å². The number of fused-ring (bicyclic) bond motifs is 1. The number of hydrogen-bond donors (Lipinski definition) is 0. The first-order chi connectivity index (χ1) is 12.2. The number of carbonyl (C=O) groups excluding carboxylic acids is 2. The van der Waals surface area contributed by atoms with Crippen LogP contribution < -0.4 is 4.74 Å². The van der Waals surface area contributed by atoms with E-state index in [1.807, 2.05) is 24.3 Å². The second-order valence-electron chi connectivity index (χ2n) is 5.57. The van der Waals surface area contributed by atoms with Gasteiger partial charge in [-0.2, -0.15) is 0 Å². The maximum atomic E-state index is 12.4. The fraction of sp³-hybridized carbons (Fsp3) is 0.111. The quantitative estimate of drug-likeness (QED) is 0.683. The van der Waals surface area contributed by atoms with E-state index in [9.17, 15) is 9.59 Å². The highest BCUT2D eigenvalue weighted by Crippen LogP contribution is 2.25. The smallest absolute Gasteiger partial charge is 0.261 e. The number of hydrogen-bond acceptors (Lipinski definition) is 5. The molecule has 0 radical (unpaired) electrons. The average molecular weight is 334 g/mol. The predicted molar refractivity (Wildman–Crippen MR) is 88.6 cm³/mol. The van der Waals surface area contributed by atoms with Gasteiger partial charge in [0.1, 0.15) is 17.1 Å². The maximum absolute atomic E-state index is 12.4. The van der Waals surface area contributed by atoms with Gasteiger partial charge in [0.2, 0.25) is 0 Å². The van der Waals surface area contributed by atoms with Crippen LogP contribution in [0.3, 0.4) is 0 Å². The Labute approximate surface area is 143 Å². The van der Waals surface area contributed by atoms with Crippen molar-refractivity contribution in [1.29, 1.82) is 0 Å². The number of para-hydroxylation sites is 2. The Hall–Kier alpha value is -3.48. The zero-order chi connectivity index (χ0) is 17.4. The van der Waals surface area contributed by atoms with E-state index < -0.39 is 0 Å². The molecule has 0 fully saturated rings. The molecule has 0 N–H and O–H groups in total. The lowest BCUT2D eigenvalue weighted by Crippen LogP contribution is -2.29. The molecule has 3 aromatic rings. The van der Waals surface area contributed by atoms with Crippen molar-refractivity contribution < 1.29 is 14.3 Å². The predicted octanol–water partition coefficient (Wildman–Crippen LogP) is 2.07. The molecule has 25 heavy (non-hydrogen) atoms. The summed E-state index contributed by atoms with van der Waals surface area (Å²) < 4.78 is 6.87. The Morgan fingerprint density at radius 1 is 0.960 bits per heavy atom. The van der Waals surface area contributed by atoms with Gasteiger partial charge in [-0.3, -0.25) is 14.5 Å². The summed E-state index contributed by atoms with van der Waals surface area (Å²) in [6.45, 7) is 0.0709. The molecule has 7 heteroatoms. The van der Waals surface area contributed by atoms with E-state index in [1.165, 1.54) is 4.90 Å². The fourth-order valence-corrected chi connectivity index (χ4v) is 2.85. The van der Waals surface area contributed by atoms with Crippen LogP contribution in [0.1, 0.15) is 26.4 Å². The number of carbonyl (C=O) groups is 2. The van der Waals surface area contributed by atoms with Gasteiger partial charge in [-0.1, -0.05) is 29.5 Å². The monoisotopic (exact) mass is 334 g/mol. The van der Waals surface area contributed by atoms with Crippen LogP contribution in [0.25, 0.3) is 5.69 Å². The summed E-state index contributed by atoms with van der Waals surface area (Å²) in [7, 11) is 1.58. The average Bonchev–Trinajstić information content (AvgIpc) is 3.21. The van der Waals surface area contributed by atoms with Gasteiger partial charge in [0.05, 0.1) is 31.0 Å². The first-order valence-electron chi connectivity index (χ1n) is 7.69. The van der Waals surface area contributed by atoms with Crippen molar-refractivity contribution in [3.8, 4) is 11.4 Å². The van der Waals surface area contributed by atoms with Crippen molar-refractivity contribution in [2.45, 2.75) is 6.54 Å². The third-order valence-electron chi connectivity index (χ3n) is 4.07. The van der Waals surface area contributed by atoms with Crippen molar-refractivity contribution in [3.05, 3.63) is 71.5 Å². The number of rotatable bonds is 4. The van der Waals surface area contributed by atoms with Crippen LogP contribution in [-0.2, 0) is 6.54 Å². The van der Waals surface area contributed by atoms with E-state index in [4.69, 9.17) is 4.74 Å². The maximum Gasteiger partial charge on any atom is 0.261 e. The molecular weight excluding hydrogens is 320 g/mol. The molecule has 0 spiro atoms. The van der Waals surface area contributed by atoms with Gasteiger partial charge in [-0.25, -0.2) is 4.68 Å². The number of aromatic nitrogens is 3. The molecule has 1 aromatic heterocycles. The van der Waals surface area contributed by atoms with Crippen molar-refractivity contribution in [3.63, 3.8) is 0 Å². The third-order valence-corrected chi connectivity index (χ3v) is 4.07. The molecule has 1 aliphatic rings. The van der Waals surface area contributed by atoms with Crippen molar-refractivity contribution in [2.75, 3.05) is 7.11 Å². The minimum atomic E-state index is -0.313. The Bertz CT molecular complexity index is 945. The van der Waals surface area contributed by atoms with Crippen LogP contribution in [0, 0.1) is 0 Å². The normalized spacial score (nSPS) is 13.2. The number of ether oxygens (including phenoxy) is 1. The minimum Gasteiger partial charge on any atom is -0.494 e. The van der Waals surface area contributed by atoms with Gasteiger partial charge in [-0.05, 0) is 24.3 Å². The molecule has 7 nitrogen and oxygen atoms in total. The second-order valence-corrected chi connectivity index (χ2v) is 5.57. The topological polar surface area (TPSA) is 77.3 Å². The van der Waals surface area contributed by atoms with E-state index in [0.717, 1.165) is 5.69 Å². The molecular formula is C18H14N4O3. The summed E-state index contributed by atoms with van der Waals surface area (Å²) >= 11 is 0. The molecule has 0 saturated heterocycles. The number of nitrogens with zero attached hydrogens (tertiary/aromatic N) is 4. The highest BCUT2D eigenvalue weighted by Gasteiger charge is 2.35. The zero-order valence-electron chi connectivity index (χ0n) is 13.4. The molecule has 124 valence electrons. The largest absolute Gasteiger partial charge is 0.494 e. The molecule has 2 heterocycles. The Balaban J connectivity index is 1.61. The van der Waals surface area contributed by atoms with Crippen LogP contribution in [0.2, 0.25) is 0 Å². The SMILES string of the molecule is COc1ccccc1-n1cc(CN2C(=O)c3ccccc3C2=O)nn1. The molecule has 0 atom stereocenters. The minimum absolute atomic E-state index is 0.0709. The summed E-state index contributed by atoms with van der Waals surface area (Å²) in [4.78, 5) is 26.0. The lowest BCUT2D eigenvalue weighted by molar-refractivity contribution is 0.0640. The fourth-order valence-electron chi connectivity index (χ4n) is 2.85. The third kappa shape index (κ3) is 2.46. The zero-order valence-corrected chi connectivity index (χ0v) is 13.4. The summed E-state index contributed by atoms with van der Waals surface area (Å²) in [6.07, 6.45) is 1.68. The summed E-state index contributed by atoms with van der Waals surface area (Å²) in [6, 6.07) is 14.2. The van der Waals surface area contributed by atoms with Gasteiger partial charge in [0.15, 0.2) is 0 Å². The Morgan fingerprint density at radius 2 is 1.60 bits per heavy atom. The van der Waals surface area contributed by atoms with Crippen LogP contribution in [0.5, 0.6) is 5.75 Å². The van der Waals surface area contributed by atoms with Crippen LogP contribution >= 0.6 is 0 Å². The molecule has 0 saturated carbocycles. The van der Waals surface area contributed by atoms with Crippen LogP contribution in [0.4, 0.5) is 0 Å². The number of benzene rings is 2. The van der Waals surface area contributed by atoms with Gasteiger partial charge in [0.25, 0.3) is 11.8 Å². The Morgan fingerprint density at radius 3 is 2.28 bits per heavy atom. The van der Waals surface area contributed by atoms with Crippen molar-refractivity contribution >= 4 is 11.8 Å². The van der Waals surface area contributed by atoms with Crippen LogP contribution in [-0.4, -0.2) is 38.8 Å². The van der Waals surface area contributed by atoms with Crippen molar-refractivity contribution in [2.24, 2.45) is 0 Å². The highest BCUT2D eigenvalue weighted by molar-refractivity contribution is 6.21. The first-order valence-corrected chi connectivity index (χ1v) is 7.69. The molecule has 1 aliphatic heterocycles. The van der Waals surface area contributed by atoms with E-state index in [-0.39, 0.29) is 18.4 Å². The summed E-state index contributed by atoms with van der Waals surface area (Å²) in [5.74, 6) is 0.0274. The number of imide groups is 1. The molecule has 4 rings (SSSR count). The van der Waals surface area contributed by atoms with Gasteiger partial charge >= 0.3 is 0 Å². The Kier molecular flexibility index (Phi) is 3.53. The van der Waals surface area contributed by atoms with E-state index in [1.54, 1.807) is 42.3 Å². The van der Waals surface area contributed by atoms with Gasteiger partial charge < -0.3 is 4.74 Å². The number of methoxy groups -OCH3 is 1. The molecule has 0 unspecified atom stereocenters. The highest BCUT2D eigenvalue weighted by atomic mass is 16.5. The first kappa shape index (κ1) is 15.1. The van der Waals surface area contributed by atoms with Crippen LogP contribution in [0.15, 0.2) is 54.7 Å². The molecule has 0 aliphatic carbocycles. The lowest BCUT2D eigenvalue weighted by atomic mass is 10.1. The van der Waals surface area contributed by atoms with Gasteiger partial charge in [-0.15, -0.1) is 5.10 Å². The molecule has 2 amide bonds. The van der Waals surface area contributed by atoms with E-state index >= 15 is 0 Å². The summed E-state index contributed by atoms with van der Waals surface area (Å²) in [5, 5.41) is 8.15. The van der Waals surface area contributed by atoms with Crippen molar-refractivity contribution in [1.82, 2.24) is 19.9 Å². The molecule has 2 aromatic carbocycles. The standard InChI is InChI=1S/C18H14N4O3/c1-25-16-9-5-4-8-15(16)22-11-12(19-20-22)10-21-17(23)13-6-2-3-7-14(13)18(21)24/h2-9,11H,10H2,1H3.